The fourth-order valence-corrected chi connectivity index (χ4v) is 2.54. The molecule has 136 valence electrons. The first-order valence-corrected chi connectivity index (χ1v) is 8.15. The Morgan fingerprint density at radius 3 is 2.26 bits per heavy atom. The molecule has 27 heavy (non-hydrogen) atoms. The van der Waals surface area contributed by atoms with Crippen molar-refractivity contribution in [1.82, 2.24) is 0 Å². The molecule has 6 heteroatoms. The van der Waals surface area contributed by atoms with Crippen LogP contribution in [0.15, 0.2) is 72.8 Å². The molecule has 4 nitrogen and oxygen atoms in total. The first kappa shape index (κ1) is 18.3. The molecule has 0 bridgehead atoms. The van der Waals surface area contributed by atoms with Gasteiger partial charge in [0.15, 0.2) is 0 Å². The highest BCUT2D eigenvalue weighted by Gasteiger charge is 2.16. The topological polar surface area (TPSA) is 49.4 Å². The molecule has 0 aliphatic heterocycles. The highest BCUT2D eigenvalue weighted by atomic mass is 19.1. The Labute approximate surface area is 155 Å². The van der Waals surface area contributed by atoms with Gasteiger partial charge in [0.1, 0.15) is 11.6 Å². The van der Waals surface area contributed by atoms with E-state index >= 15 is 0 Å². The zero-order valence-corrected chi connectivity index (χ0v) is 14.4. The average Bonchev–Trinajstić information content (AvgIpc) is 2.69. The molecule has 0 fully saturated rings. The fraction of sp³-hybridized carbons (Fsp3) is 0.0476. The predicted molar refractivity (Wildman–Crippen MR) is 99.9 cm³/mol. The van der Waals surface area contributed by atoms with Crippen molar-refractivity contribution in [2.24, 2.45) is 0 Å². The van der Waals surface area contributed by atoms with E-state index in [-0.39, 0.29) is 17.2 Å². The summed E-state index contributed by atoms with van der Waals surface area (Å²) >= 11 is 0. The number of nitrogens with zero attached hydrogens (tertiary/aromatic N) is 1. The summed E-state index contributed by atoms with van der Waals surface area (Å²) in [7, 11) is 1.64. The van der Waals surface area contributed by atoms with Gasteiger partial charge in [-0.1, -0.05) is 24.3 Å². The summed E-state index contributed by atoms with van der Waals surface area (Å²) in [5, 5.41) is 2.38. The van der Waals surface area contributed by atoms with Crippen molar-refractivity contribution < 1.29 is 18.4 Å². The normalized spacial score (nSPS) is 10.3. The molecule has 0 heterocycles. The summed E-state index contributed by atoms with van der Waals surface area (Å²) in [5.74, 6) is -2.50. The van der Waals surface area contributed by atoms with Gasteiger partial charge in [-0.3, -0.25) is 9.59 Å². The molecule has 0 radical (unpaired) electrons. The lowest BCUT2D eigenvalue weighted by molar-refractivity contribution is 0.0993. The van der Waals surface area contributed by atoms with Crippen molar-refractivity contribution in [2.75, 3.05) is 17.3 Å². The smallest absolute Gasteiger partial charge is 0.258 e. The number of benzene rings is 3. The monoisotopic (exact) mass is 366 g/mol. The first-order chi connectivity index (χ1) is 13.0. The van der Waals surface area contributed by atoms with Crippen LogP contribution in [-0.2, 0) is 0 Å². The van der Waals surface area contributed by atoms with Crippen molar-refractivity contribution in [1.29, 1.82) is 0 Å². The lowest BCUT2D eigenvalue weighted by Gasteiger charge is -2.17. The zero-order valence-electron chi connectivity index (χ0n) is 14.4. The van der Waals surface area contributed by atoms with Gasteiger partial charge >= 0.3 is 0 Å². The van der Waals surface area contributed by atoms with Crippen molar-refractivity contribution in [3.8, 4) is 0 Å². The van der Waals surface area contributed by atoms with Crippen molar-refractivity contribution >= 4 is 23.2 Å². The van der Waals surface area contributed by atoms with Crippen LogP contribution in [0.25, 0.3) is 0 Å². The van der Waals surface area contributed by atoms with E-state index in [4.69, 9.17) is 0 Å². The molecule has 2 amide bonds. The molecule has 3 aromatic rings. The maximum Gasteiger partial charge on any atom is 0.258 e. The molecule has 0 aliphatic rings. The van der Waals surface area contributed by atoms with Crippen LogP contribution >= 0.6 is 0 Å². The fourth-order valence-electron chi connectivity index (χ4n) is 2.54. The number of carbonyl (C=O) groups excluding carboxylic acids is 2. The molecule has 0 saturated carbocycles. The van der Waals surface area contributed by atoms with Crippen LogP contribution in [0.5, 0.6) is 0 Å². The molecule has 0 saturated heterocycles. The standard InChI is InChI=1S/C21H16F2N2O2/c1-25(17-8-3-2-4-9-17)21(27)15-7-5-6-14(12-15)20(26)24-19-11-10-16(22)13-18(19)23/h2-13H,1H3,(H,24,26). The maximum absolute atomic E-state index is 13.7. The SMILES string of the molecule is CN(C(=O)c1cccc(C(=O)Nc2ccc(F)cc2F)c1)c1ccccc1. The molecule has 3 rings (SSSR count). The van der Waals surface area contributed by atoms with E-state index < -0.39 is 17.5 Å². The third-order valence-electron chi connectivity index (χ3n) is 4.00. The van der Waals surface area contributed by atoms with Gasteiger partial charge in [-0.2, -0.15) is 0 Å². The summed E-state index contributed by atoms with van der Waals surface area (Å²) in [6.45, 7) is 0. The van der Waals surface area contributed by atoms with Gasteiger partial charge in [0.2, 0.25) is 0 Å². The average molecular weight is 366 g/mol. The van der Waals surface area contributed by atoms with Crippen LogP contribution in [0.3, 0.4) is 0 Å². The lowest BCUT2D eigenvalue weighted by atomic mass is 10.1. The van der Waals surface area contributed by atoms with Crippen molar-refractivity contribution in [3.63, 3.8) is 0 Å². The molecular weight excluding hydrogens is 350 g/mol. The Hall–Kier alpha value is -3.54. The Balaban J connectivity index is 1.80. The maximum atomic E-state index is 13.7. The number of hydrogen-bond donors (Lipinski definition) is 1. The van der Waals surface area contributed by atoms with Gasteiger partial charge in [-0.15, -0.1) is 0 Å². The van der Waals surface area contributed by atoms with E-state index in [1.54, 1.807) is 31.3 Å². The third kappa shape index (κ3) is 4.17. The molecule has 0 unspecified atom stereocenters. The summed E-state index contributed by atoms with van der Waals surface area (Å²) in [4.78, 5) is 26.5. The van der Waals surface area contributed by atoms with Crippen molar-refractivity contribution in [2.45, 2.75) is 0 Å². The van der Waals surface area contributed by atoms with Gasteiger partial charge in [0.05, 0.1) is 5.69 Å². The quantitative estimate of drug-likeness (QED) is 0.739. The molecule has 0 aliphatic carbocycles. The largest absolute Gasteiger partial charge is 0.319 e. The number of halogens is 2. The lowest BCUT2D eigenvalue weighted by Crippen LogP contribution is -2.26. The van der Waals surface area contributed by atoms with Crippen LogP contribution in [0.1, 0.15) is 20.7 Å². The van der Waals surface area contributed by atoms with E-state index in [9.17, 15) is 18.4 Å². The van der Waals surface area contributed by atoms with Gasteiger partial charge in [0, 0.05) is 29.9 Å². The second-order valence-corrected chi connectivity index (χ2v) is 5.86. The second-order valence-electron chi connectivity index (χ2n) is 5.86. The number of nitrogens with one attached hydrogen (secondary N) is 1. The molecular formula is C21H16F2N2O2. The molecule has 3 aromatic carbocycles. The number of anilines is 2. The number of amides is 2. The van der Waals surface area contributed by atoms with Gasteiger partial charge in [0.25, 0.3) is 11.8 Å². The Morgan fingerprint density at radius 2 is 1.56 bits per heavy atom. The second kappa shape index (κ2) is 7.78. The van der Waals surface area contributed by atoms with E-state index in [2.05, 4.69) is 5.32 Å². The summed E-state index contributed by atoms with van der Waals surface area (Å²) in [6, 6.07) is 18.1. The first-order valence-electron chi connectivity index (χ1n) is 8.15. The minimum absolute atomic E-state index is 0.139. The highest BCUT2D eigenvalue weighted by molar-refractivity contribution is 6.09. The Morgan fingerprint density at radius 1 is 0.852 bits per heavy atom. The predicted octanol–water partition coefficient (Wildman–Crippen LogP) is 4.49. The third-order valence-corrected chi connectivity index (χ3v) is 4.00. The van der Waals surface area contributed by atoms with Gasteiger partial charge in [-0.25, -0.2) is 8.78 Å². The van der Waals surface area contributed by atoms with Gasteiger partial charge in [-0.05, 0) is 42.5 Å². The van der Waals surface area contributed by atoms with E-state index in [0.717, 1.165) is 12.1 Å². The Bertz CT molecular complexity index is 990. The van der Waals surface area contributed by atoms with E-state index in [0.29, 0.717) is 17.3 Å². The van der Waals surface area contributed by atoms with E-state index in [1.807, 2.05) is 18.2 Å². The summed E-state index contributed by atoms with van der Waals surface area (Å²) in [5.41, 5.74) is 1.07. The van der Waals surface area contributed by atoms with Crippen LogP contribution in [0, 0.1) is 11.6 Å². The Kier molecular flexibility index (Phi) is 5.26. The molecule has 0 spiro atoms. The number of hydrogen-bond acceptors (Lipinski definition) is 2. The minimum Gasteiger partial charge on any atom is -0.319 e. The van der Waals surface area contributed by atoms with Crippen molar-refractivity contribution in [3.05, 3.63) is 95.6 Å². The zero-order chi connectivity index (χ0) is 19.4. The summed E-state index contributed by atoms with van der Waals surface area (Å²) in [6.07, 6.45) is 0. The number of rotatable bonds is 4. The minimum atomic E-state index is -0.876. The molecule has 0 atom stereocenters. The number of para-hydroxylation sites is 1. The molecule has 0 aromatic heterocycles. The van der Waals surface area contributed by atoms with Crippen LogP contribution in [0.2, 0.25) is 0 Å². The van der Waals surface area contributed by atoms with Crippen LogP contribution in [0.4, 0.5) is 20.2 Å². The molecule has 1 N–H and O–H groups in total. The van der Waals surface area contributed by atoms with Gasteiger partial charge < -0.3 is 10.2 Å². The van der Waals surface area contributed by atoms with Crippen LogP contribution in [-0.4, -0.2) is 18.9 Å². The van der Waals surface area contributed by atoms with E-state index in [1.165, 1.54) is 17.0 Å². The van der Waals surface area contributed by atoms with Crippen LogP contribution < -0.4 is 10.2 Å². The highest BCUT2D eigenvalue weighted by Crippen LogP contribution is 2.18. The summed E-state index contributed by atoms with van der Waals surface area (Å²) < 4.78 is 26.7. The number of carbonyl (C=O) groups is 2.